The van der Waals surface area contributed by atoms with Gasteiger partial charge in [0.25, 0.3) is 0 Å². The van der Waals surface area contributed by atoms with Gasteiger partial charge >= 0.3 is 12.1 Å². The van der Waals surface area contributed by atoms with Crippen molar-refractivity contribution >= 4 is 23.5 Å². The SMILES string of the molecule is Cc1cccc(N(CCC#N)C(=O)Oc2cccc(NC(=O)NC3CC3)c2)c1. The van der Waals surface area contributed by atoms with Crippen molar-refractivity contribution in [2.24, 2.45) is 0 Å². The first kappa shape index (κ1) is 19.2. The quantitative estimate of drug-likeness (QED) is 0.788. The van der Waals surface area contributed by atoms with Crippen LogP contribution in [0.5, 0.6) is 5.75 Å². The summed E-state index contributed by atoms with van der Waals surface area (Å²) in [7, 11) is 0. The molecule has 1 aliphatic rings. The van der Waals surface area contributed by atoms with E-state index in [9.17, 15) is 9.59 Å². The first-order chi connectivity index (χ1) is 13.5. The Hall–Kier alpha value is -3.53. The zero-order valence-electron chi connectivity index (χ0n) is 15.6. The number of aryl methyl sites for hydroxylation is 1. The smallest absolute Gasteiger partial charge is 0.410 e. The van der Waals surface area contributed by atoms with Gasteiger partial charge in [-0.2, -0.15) is 5.26 Å². The molecule has 3 amide bonds. The van der Waals surface area contributed by atoms with Crippen molar-refractivity contribution in [3.63, 3.8) is 0 Å². The first-order valence-electron chi connectivity index (χ1n) is 9.16. The number of rotatable bonds is 6. The van der Waals surface area contributed by atoms with Crippen LogP contribution < -0.4 is 20.3 Å². The van der Waals surface area contributed by atoms with Crippen LogP contribution in [0.1, 0.15) is 24.8 Å². The molecule has 7 nitrogen and oxygen atoms in total. The van der Waals surface area contributed by atoms with Crippen molar-refractivity contribution in [3.8, 4) is 11.8 Å². The first-order valence-corrected chi connectivity index (χ1v) is 9.16. The van der Waals surface area contributed by atoms with Gasteiger partial charge in [-0.25, -0.2) is 9.59 Å². The zero-order chi connectivity index (χ0) is 19.9. The summed E-state index contributed by atoms with van der Waals surface area (Å²) in [5.41, 5.74) is 2.20. The summed E-state index contributed by atoms with van der Waals surface area (Å²) in [4.78, 5) is 26.0. The third-order valence-corrected chi connectivity index (χ3v) is 4.19. The summed E-state index contributed by atoms with van der Waals surface area (Å²) in [6.45, 7) is 2.15. The number of amides is 3. The summed E-state index contributed by atoms with van der Waals surface area (Å²) < 4.78 is 5.49. The van der Waals surface area contributed by atoms with Gasteiger partial charge < -0.3 is 15.4 Å². The normalized spacial score (nSPS) is 12.6. The summed E-state index contributed by atoms with van der Waals surface area (Å²) in [6, 6.07) is 16.1. The van der Waals surface area contributed by atoms with Crippen LogP contribution in [0.3, 0.4) is 0 Å². The number of ether oxygens (including phenoxy) is 1. The lowest BCUT2D eigenvalue weighted by molar-refractivity contribution is 0.207. The second-order valence-electron chi connectivity index (χ2n) is 6.67. The fourth-order valence-corrected chi connectivity index (χ4v) is 2.66. The molecule has 28 heavy (non-hydrogen) atoms. The highest BCUT2D eigenvalue weighted by Crippen LogP contribution is 2.22. The van der Waals surface area contributed by atoms with E-state index < -0.39 is 6.09 Å². The van der Waals surface area contributed by atoms with Crippen LogP contribution in [0.25, 0.3) is 0 Å². The van der Waals surface area contributed by atoms with E-state index in [-0.39, 0.29) is 25.0 Å². The minimum absolute atomic E-state index is 0.186. The van der Waals surface area contributed by atoms with Crippen molar-refractivity contribution in [1.82, 2.24) is 5.32 Å². The Kier molecular flexibility index (Phi) is 6.12. The second kappa shape index (κ2) is 8.91. The maximum absolute atomic E-state index is 12.7. The minimum atomic E-state index is -0.583. The molecular formula is C21H22N4O3. The molecule has 0 bridgehead atoms. The average molecular weight is 378 g/mol. The molecule has 0 spiro atoms. The maximum Gasteiger partial charge on any atom is 0.419 e. The lowest BCUT2D eigenvalue weighted by Gasteiger charge is -2.21. The summed E-state index contributed by atoms with van der Waals surface area (Å²) in [5.74, 6) is 0.309. The highest BCUT2D eigenvalue weighted by Gasteiger charge is 2.23. The number of carbonyl (C=O) groups is 2. The van der Waals surface area contributed by atoms with Crippen LogP contribution in [-0.2, 0) is 0 Å². The number of carbonyl (C=O) groups excluding carboxylic acids is 2. The average Bonchev–Trinajstić information content (AvgIpc) is 3.46. The van der Waals surface area contributed by atoms with E-state index in [4.69, 9.17) is 10.00 Å². The van der Waals surface area contributed by atoms with Gasteiger partial charge in [-0.05, 0) is 49.6 Å². The van der Waals surface area contributed by atoms with Gasteiger partial charge in [0.05, 0.1) is 12.5 Å². The molecule has 0 radical (unpaired) electrons. The zero-order valence-corrected chi connectivity index (χ0v) is 15.6. The summed E-state index contributed by atoms with van der Waals surface area (Å²) in [6.07, 6.45) is 1.61. The molecule has 7 heteroatoms. The van der Waals surface area contributed by atoms with Crippen LogP contribution in [0.4, 0.5) is 21.0 Å². The third kappa shape index (κ3) is 5.48. The van der Waals surface area contributed by atoms with Crippen LogP contribution in [-0.4, -0.2) is 24.7 Å². The van der Waals surface area contributed by atoms with Crippen LogP contribution in [0.2, 0.25) is 0 Å². The van der Waals surface area contributed by atoms with Crippen molar-refractivity contribution in [1.29, 1.82) is 5.26 Å². The Morgan fingerprint density at radius 1 is 1.21 bits per heavy atom. The summed E-state index contributed by atoms with van der Waals surface area (Å²) >= 11 is 0. The van der Waals surface area contributed by atoms with E-state index in [1.54, 1.807) is 30.3 Å². The van der Waals surface area contributed by atoms with Gasteiger partial charge in [0.2, 0.25) is 0 Å². The molecular weight excluding hydrogens is 356 g/mol. The lowest BCUT2D eigenvalue weighted by Crippen LogP contribution is -2.34. The second-order valence-corrected chi connectivity index (χ2v) is 6.67. The van der Waals surface area contributed by atoms with Gasteiger partial charge in [0.1, 0.15) is 5.75 Å². The molecule has 0 saturated heterocycles. The van der Waals surface area contributed by atoms with Gasteiger partial charge in [0, 0.05) is 30.0 Å². The van der Waals surface area contributed by atoms with Gasteiger partial charge in [-0.3, -0.25) is 4.90 Å². The minimum Gasteiger partial charge on any atom is -0.410 e. The molecule has 0 atom stereocenters. The summed E-state index contributed by atoms with van der Waals surface area (Å²) in [5, 5.41) is 14.5. The van der Waals surface area contributed by atoms with Crippen molar-refractivity contribution in [2.75, 3.05) is 16.8 Å². The number of hydrogen-bond donors (Lipinski definition) is 2. The van der Waals surface area contributed by atoms with Crippen molar-refractivity contribution in [2.45, 2.75) is 32.2 Å². The molecule has 1 saturated carbocycles. The van der Waals surface area contributed by atoms with E-state index in [1.807, 2.05) is 31.2 Å². The van der Waals surface area contributed by atoms with Gasteiger partial charge in [-0.15, -0.1) is 0 Å². The molecule has 2 aromatic carbocycles. The third-order valence-electron chi connectivity index (χ3n) is 4.19. The molecule has 0 aliphatic heterocycles. The Bertz CT molecular complexity index is 903. The molecule has 1 aliphatic carbocycles. The number of benzene rings is 2. The van der Waals surface area contributed by atoms with Gasteiger partial charge in [-0.1, -0.05) is 18.2 Å². The molecule has 144 valence electrons. The number of nitriles is 1. The highest BCUT2D eigenvalue weighted by atomic mass is 16.6. The van der Waals surface area contributed by atoms with Crippen LogP contribution in [0.15, 0.2) is 48.5 Å². The standard InChI is InChI=1S/C21H22N4O3/c1-15-5-2-7-18(13-15)25(12-4-11-22)21(27)28-19-8-3-6-17(14-19)24-20(26)23-16-9-10-16/h2-3,5-8,13-14,16H,4,9-10,12H2,1H3,(H2,23,24,26). The molecule has 3 rings (SSSR count). The Morgan fingerprint density at radius 2 is 2.00 bits per heavy atom. The van der Waals surface area contributed by atoms with E-state index in [2.05, 4.69) is 10.6 Å². The number of nitrogens with zero attached hydrogens (tertiary/aromatic N) is 2. The fraction of sp³-hybridized carbons (Fsp3) is 0.286. The van der Waals surface area contributed by atoms with Crippen LogP contribution in [0, 0.1) is 18.3 Å². The number of hydrogen-bond acceptors (Lipinski definition) is 4. The van der Waals surface area contributed by atoms with Crippen LogP contribution >= 0.6 is 0 Å². The molecule has 2 aromatic rings. The molecule has 0 heterocycles. The van der Waals surface area contributed by atoms with E-state index >= 15 is 0 Å². The Balaban J connectivity index is 1.69. The highest BCUT2D eigenvalue weighted by molar-refractivity contribution is 5.91. The number of anilines is 2. The predicted molar refractivity (Wildman–Crippen MR) is 106 cm³/mol. The maximum atomic E-state index is 12.7. The Labute approximate surface area is 163 Å². The van der Waals surface area contributed by atoms with E-state index in [0.29, 0.717) is 17.1 Å². The van der Waals surface area contributed by atoms with E-state index in [1.165, 1.54) is 4.90 Å². The van der Waals surface area contributed by atoms with Crippen molar-refractivity contribution in [3.05, 3.63) is 54.1 Å². The molecule has 2 N–H and O–H groups in total. The van der Waals surface area contributed by atoms with E-state index in [0.717, 1.165) is 18.4 Å². The molecule has 0 aromatic heterocycles. The topological polar surface area (TPSA) is 94.5 Å². The molecule has 1 fully saturated rings. The number of nitrogens with one attached hydrogen (secondary N) is 2. The largest absolute Gasteiger partial charge is 0.419 e. The molecule has 0 unspecified atom stereocenters. The van der Waals surface area contributed by atoms with Gasteiger partial charge in [0.15, 0.2) is 0 Å². The number of urea groups is 1. The Morgan fingerprint density at radius 3 is 2.71 bits per heavy atom. The predicted octanol–water partition coefficient (Wildman–Crippen LogP) is 4.20. The fourth-order valence-electron chi connectivity index (χ4n) is 2.66. The monoisotopic (exact) mass is 378 g/mol. The lowest BCUT2D eigenvalue weighted by atomic mass is 10.2. The van der Waals surface area contributed by atoms with Crippen molar-refractivity contribution < 1.29 is 14.3 Å².